The number of hydrogen-bond donors (Lipinski definition) is 0. The summed E-state index contributed by atoms with van der Waals surface area (Å²) in [4.78, 5) is 24.4. The maximum Gasteiger partial charge on any atom is 0.340 e. The van der Waals surface area contributed by atoms with Crippen molar-refractivity contribution >= 4 is 11.9 Å². The fraction of sp³-hybridized carbons (Fsp3) is 0.481. The van der Waals surface area contributed by atoms with E-state index in [1.54, 1.807) is 31.2 Å². The second kappa shape index (κ2) is 13.7. The molecule has 0 fully saturated rings. The normalized spacial score (nSPS) is 12.8. The van der Waals surface area contributed by atoms with Crippen molar-refractivity contribution < 1.29 is 23.8 Å². The predicted octanol–water partition coefficient (Wildman–Crippen LogP) is 6.59. The summed E-state index contributed by atoms with van der Waals surface area (Å²) in [6.07, 6.45) is 5.74. The Kier molecular flexibility index (Phi) is 10.9. The van der Waals surface area contributed by atoms with E-state index >= 15 is 0 Å². The van der Waals surface area contributed by atoms with Gasteiger partial charge < -0.3 is 14.2 Å². The van der Waals surface area contributed by atoms with E-state index in [1.807, 2.05) is 38.1 Å². The third kappa shape index (κ3) is 8.46. The van der Waals surface area contributed by atoms with Crippen LogP contribution in [0.15, 0.2) is 48.5 Å². The van der Waals surface area contributed by atoms with E-state index in [9.17, 15) is 9.59 Å². The highest BCUT2D eigenvalue weighted by Gasteiger charge is 2.16. The largest absolute Gasteiger partial charge is 0.459 e. The second-order valence-electron chi connectivity index (χ2n) is 8.10. The Bertz CT molecular complexity index is 826. The minimum Gasteiger partial charge on any atom is -0.459 e. The first-order valence-electron chi connectivity index (χ1n) is 11.7. The van der Waals surface area contributed by atoms with Crippen LogP contribution >= 0.6 is 0 Å². The molecule has 2 aromatic carbocycles. The summed E-state index contributed by atoms with van der Waals surface area (Å²) in [5, 5.41) is 0. The number of esters is 2. The molecule has 0 heterocycles. The van der Waals surface area contributed by atoms with Gasteiger partial charge in [-0.3, -0.25) is 0 Å². The van der Waals surface area contributed by atoms with Crippen molar-refractivity contribution in [3.63, 3.8) is 0 Å². The number of unbranched alkanes of at least 4 members (excludes halogenated alkanes) is 3. The van der Waals surface area contributed by atoms with Gasteiger partial charge >= 0.3 is 11.9 Å². The molecule has 5 heteroatoms. The van der Waals surface area contributed by atoms with E-state index in [-0.39, 0.29) is 12.1 Å². The van der Waals surface area contributed by atoms with Crippen LogP contribution in [0.1, 0.15) is 76.6 Å². The summed E-state index contributed by atoms with van der Waals surface area (Å²) in [6.45, 7) is 8.33. The third-order valence-corrected chi connectivity index (χ3v) is 5.20. The van der Waals surface area contributed by atoms with E-state index in [0.717, 1.165) is 30.4 Å². The van der Waals surface area contributed by atoms with Crippen LogP contribution in [-0.2, 0) is 14.3 Å². The van der Waals surface area contributed by atoms with Crippen molar-refractivity contribution in [2.24, 2.45) is 0 Å². The van der Waals surface area contributed by atoms with Gasteiger partial charge in [-0.1, -0.05) is 57.4 Å². The van der Waals surface area contributed by atoms with Gasteiger partial charge in [0.1, 0.15) is 5.75 Å². The van der Waals surface area contributed by atoms with Crippen molar-refractivity contribution in [1.82, 2.24) is 0 Å². The molecule has 32 heavy (non-hydrogen) atoms. The van der Waals surface area contributed by atoms with Crippen LogP contribution in [0.25, 0.3) is 11.1 Å². The van der Waals surface area contributed by atoms with Crippen LogP contribution in [0.2, 0.25) is 0 Å². The summed E-state index contributed by atoms with van der Waals surface area (Å²) in [5.41, 5.74) is 2.47. The molecule has 0 aliphatic carbocycles. The monoisotopic (exact) mass is 440 g/mol. The molecule has 2 atom stereocenters. The summed E-state index contributed by atoms with van der Waals surface area (Å²) in [5.74, 6) is -0.228. The number of benzene rings is 2. The quantitative estimate of drug-likeness (QED) is 0.200. The smallest absolute Gasteiger partial charge is 0.340 e. The highest BCUT2D eigenvalue weighted by atomic mass is 16.6. The molecule has 0 bridgehead atoms. The zero-order chi connectivity index (χ0) is 23.3. The van der Waals surface area contributed by atoms with Gasteiger partial charge in [0, 0.05) is 6.61 Å². The molecule has 0 aliphatic rings. The minimum atomic E-state index is -0.596. The Morgan fingerprint density at radius 1 is 0.812 bits per heavy atom. The van der Waals surface area contributed by atoms with Crippen LogP contribution in [0.3, 0.4) is 0 Å². The molecular formula is C27H36O5. The standard InChI is InChI=1S/C27H36O5/c1-5-7-8-9-10-20(3)31-27(29)24-13-11-22(12-14-24)23-15-17-25(18-16-23)32-26(28)21(4)30-19-6-2/h11-18,20-21H,5-10,19H2,1-4H3/t20-,21-/m0/s1. The van der Waals surface area contributed by atoms with Gasteiger partial charge in [0.15, 0.2) is 6.10 Å². The Hall–Kier alpha value is -2.66. The average Bonchev–Trinajstić information content (AvgIpc) is 2.80. The maximum absolute atomic E-state index is 12.4. The SMILES string of the molecule is CCCCCC[C@H](C)OC(=O)c1ccc(-c2ccc(OC(=O)[C@H](C)OCCC)cc2)cc1. The molecule has 0 unspecified atom stereocenters. The Labute approximate surface area is 192 Å². The van der Waals surface area contributed by atoms with E-state index in [1.165, 1.54) is 19.3 Å². The van der Waals surface area contributed by atoms with E-state index in [0.29, 0.717) is 17.9 Å². The molecule has 0 aromatic heterocycles. The molecule has 174 valence electrons. The van der Waals surface area contributed by atoms with Gasteiger partial charge in [0.25, 0.3) is 0 Å². The van der Waals surface area contributed by atoms with E-state index in [4.69, 9.17) is 14.2 Å². The highest BCUT2D eigenvalue weighted by molar-refractivity contribution is 5.90. The van der Waals surface area contributed by atoms with Gasteiger partial charge in [-0.2, -0.15) is 0 Å². The molecule has 0 saturated heterocycles. The van der Waals surface area contributed by atoms with E-state index in [2.05, 4.69) is 6.92 Å². The third-order valence-electron chi connectivity index (χ3n) is 5.20. The lowest BCUT2D eigenvalue weighted by molar-refractivity contribution is -0.146. The number of hydrogen-bond acceptors (Lipinski definition) is 5. The van der Waals surface area contributed by atoms with Gasteiger partial charge in [-0.25, -0.2) is 9.59 Å². The summed E-state index contributed by atoms with van der Waals surface area (Å²) < 4.78 is 16.3. The van der Waals surface area contributed by atoms with Crippen molar-refractivity contribution in [1.29, 1.82) is 0 Å². The molecule has 0 N–H and O–H groups in total. The summed E-state index contributed by atoms with van der Waals surface area (Å²) in [7, 11) is 0. The topological polar surface area (TPSA) is 61.8 Å². The van der Waals surface area contributed by atoms with E-state index < -0.39 is 12.1 Å². The number of ether oxygens (including phenoxy) is 3. The van der Waals surface area contributed by atoms with Gasteiger partial charge in [-0.15, -0.1) is 0 Å². The van der Waals surface area contributed by atoms with Crippen LogP contribution in [0.5, 0.6) is 5.75 Å². The maximum atomic E-state index is 12.4. The van der Waals surface area contributed by atoms with Gasteiger partial charge in [-0.05, 0) is 68.5 Å². The fourth-order valence-electron chi connectivity index (χ4n) is 3.24. The number of carbonyl (C=O) groups is 2. The van der Waals surface area contributed by atoms with Crippen molar-refractivity contribution in [2.75, 3.05) is 6.61 Å². The molecule has 0 radical (unpaired) electrons. The fourth-order valence-corrected chi connectivity index (χ4v) is 3.24. The molecule has 0 aliphatic heterocycles. The Balaban J connectivity index is 1.89. The molecule has 2 aromatic rings. The molecule has 5 nitrogen and oxygen atoms in total. The first-order chi connectivity index (χ1) is 15.4. The molecule has 0 saturated carbocycles. The van der Waals surface area contributed by atoms with Crippen LogP contribution < -0.4 is 4.74 Å². The van der Waals surface area contributed by atoms with Gasteiger partial charge in [0.2, 0.25) is 0 Å². The summed E-state index contributed by atoms with van der Waals surface area (Å²) >= 11 is 0. The van der Waals surface area contributed by atoms with Crippen molar-refractivity contribution in [2.45, 2.75) is 78.4 Å². The van der Waals surface area contributed by atoms with Crippen LogP contribution in [0, 0.1) is 0 Å². The lowest BCUT2D eigenvalue weighted by atomic mass is 10.0. The van der Waals surface area contributed by atoms with Crippen molar-refractivity contribution in [3.8, 4) is 16.9 Å². The zero-order valence-electron chi connectivity index (χ0n) is 19.8. The van der Waals surface area contributed by atoms with Crippen molar-refractivity contribution in [3.05, 3.63) is 54.1 Å². The minimum absolute atomic E-state index is 0.0793. The number of rotatable bonds is 13. The molecule has 0 amide bonds. The second-order valence-corrected chi connectivity index (χ2v) is 8.10. The Morgan fingerprint density at radius 2 is 1.44 bits per heavy atom. The highest BCUT2D eigenvalue weighted by Crippen LogP contribution is 2.23. The van der Waals surface area contributed by atoms with Crippen LogP contribution in [-0.4, -0.2) is 30.8 Å². The molecular weight excluding hydrogens is 404 g/mol. The summed E-state index contributed by atoms with van der Waals surface area (Å²) in [6, 6.07) is 14.6. The lowest BCUT2D eigenvalue weighted by Crippen LogP contribution is -2.26. The predicted molar refractivity (Wildman–Crippen MR) is 127 cm³/mol. The zero-order valence-corrected chi connectivity index (χ0v) is 19.8. The average molecular weight is 441 g/mol. The first kappa shape index (κ1) is 25.6. The lowest BCUT2D eigenvalue weighted by Gasteiger charge is -2.13. The van der Waals surface area contributed by atoms with Gasteiger partial charge in [0.05, 0.1) is 11.7 Å². The molecule has 2 rings (SSSR count). The molecule has 0 spiro atoms. The van der Waals surface area contributed by atoms with Crippen LogP contribution in [0.4, 0.5) is 0 Å². The first-order valence-corrected chi connectivity index (χ1v) is 11.7. The Morgan fingerprint density at radius 3 is 2.03 bits per heavy atom. The number of carbonyl (C=O) groups excluding carboxylic acids is 2.